The van der Waals surface area contributed by atoms with Gasteiger partial charge in [0.2, 0.25) is 0 Å². The molecule has 0 bridgehead atoms. The molecule has 0 radical (unpaired) electrons. The zero-order valence-electron chi connectivity index (χ0n) is 15.0. The number of halogens is 3. The zero-order chi connectivity index (χ0) is 20.2. The van der Waals surface area contributed by atoms with Crippen LogP contribution in [0.5, 0.6) is 0 Å². The quantitative estimate of drug-likeness (QED) is 0.798. The Kier molecular flexibility index (Phi) is 6.09. The van der Waals surface area contributed by atoms with Crippen molar-refractivity contribution in [3.8, 4) is 0 Å². The van der Waals surface area contributed by atoms with E-state index in [4.69, 9.17) is 4.74 Å². The lowest BCUT2D eigenvalue weighted by Gasteiger charge is -2.16. The van der Waals surface area contributed by atoms with E-state index in [9.17, 15) is 22.8 Å². The van der Waals surface area contributed by atoms with Gasteiger partial charge in [0.1, 0.15) is 0 Å². The van der Waals surface area contributed by atoms with Gasteiger partial charge in [0.15, 0.2) is 6.10 Å². The van der Waals surface area contributed by atoms with E-state index in [0.717, 1.165) is 17.8 Å². The Labute approximate surface area is 154 Å². The molecule has 0 saturated carbocycles. The SMILES string of the molecule is C[C@H](OC(=O)c1cccc(N(C)C)c1)C(=O)Nc1cccc(C(F)(F)F)c1. The fourth-order valence-corrected chi connectivity index (χ4v) is 2.21. The molecule has 8 heteroatoms. The Morgan fingerprint density at radius 3 is 2.37 bits per heavy atom. The van der Waals surface area contributed by atoms with Crippen LogP contribution in [-0.4, -0.2) is 32.1 Å². The summed E-state index contributed by atoms with van der Waals surface area (Å²) in [5, 5.41) is 2.32. The van der Waals surface area contributed by atoms with Gasteiger partial charge in [-0.3, -0.25) is 4.79 Å². The molecule has 0 spiro atoms. The molecule has 0 saturated heterocycles. The summed E-state index contributed by atoms with van der Waals surface area (Å²) in [5.41, 5.74) is 0.128. The van der Waals surface area contributed by atoms with Crippen LogP contribution in [0.15, 0.2) is 48.5 Å². The van der Waals surface area contributed by atoms with Crippen LogP contribution in [0, 0.1) is 0 Å². The smallest absolute Gasteiger partial charge is 0.416 e. The second kappa shape index (κ2) is 8.11. The maximum atomic E-state index is 12.7. The van der Waals surface area contributed by atoms with E-state index in [-0.39, 0.29) is 11.3 Å². The number of anilines is 2. The molecule has 0 aliphatic heterocycles. The molecule has 1 N–H and O–H groups in total. The highest BCUT2D eigenvalue weighted by atomic mass is 19.4. The average Bonchev–Trinajstić information content (AvgIpc) is 2.61. The first-order valence-corrected chi connectivity index (χ1v) is 8.04. The van der Waals surface area contributed by atoms with E-state index in [0.29, 0.717) is 0 Å². The van der Waals surface area contributed by atoms with Crippen LogP contribution in [0.4, 0.5) is 24.5 Å². The van der Waals surface area contributed by atoms with Gasteiger partial charge in [-0.25, -0.2) is 4.79 Å². The number of carbonyl (C=O) groups is 2. The van der Waals surface area contributed by atoms with E-state index in [1.165, 1.54) is 19.1 Å². The Bertz CT molecular complexity index is 835. The number of amides is 1. The summed E-state index contributed by atoms with van der Waals surface area (Å²) >= 11 is 0. The van der Waals surface area contributed by atoms with Crippen LogP contribution in [0.1, 0.15) is 22.8 Å². The molecule has 5 nitrogen and oxygen atoms in total. The Morgan fingerprint density at radius 2 is 1.74 bits per heavy atom. The number of hydrogen-bond acceptors (Lipinski definition) is 4. The number of alkyl halides is 3. The van der Waals surface area contributed by atoms with Crippen molar-refractivity contribution in [2.75, 3.05) is 24.3 Å². The molecule has 0 aromatic heterocycles. The summed E-state index contributed by atoms with van der Waals surface area (Å²) in [6.07, 6.45) is -5.70. The van der Waals surface area contributed by atoms with Crippen molar-refractivity contribution in [2.45, 2.75) is 19.2 Å². The average molecular weight is 380 g/mol. The number of benzene rings is 2. The number of rotatable bonds is 5. The lowest BCUT2D eigenvalue weighted by atomic mass is 10.2. The predicted molar refractivity (Wildman–Crippen MR) is 95.7 cm³/mol. The van der Waals surface area contributed by atoms with E-state index < -0.39 is 29.7 Å². The van der Waals surface area contributed by atoms with Crippen molar-refractivity contribution < 1.29 is 27.5 Å². The number of ether oxygens (including phenoxy) is 1. The fourth-order valence-electron chi connectivity index (χ4n) is 2.21. The van der Waals surface area contributed by atoms with E-state index in [1.807, 2.05) is 14.1 Å². The van der Waals surface area contributed by atoms with Crippen molar-refractivity contribution in [1.29, 1.82) is 0 Å². The Morgan fingerprint density at radius 1 is 1.07 bits per heavy atom. The van der Waals surface area contributed by atoms with Gasteiger partial charge in [0.25, 0.3) is 5.91 Å². The molecule has 27 heavy (non-hydrogen) atoms. The molecule has 0 aliphatic carbocycles. The second-order valence-corrected chi connectivity index (χ2v) is 6.06. The molecular formula is C19H19F3N2O3. The van der Waals surface area contributed by atoms with Gasteiger partial charge in [-0.2, -0.15) is 13.2 Å². The Hall–Kier alpha value is -3.03. The summed E-state index contributed by atoms with van der Waals surface area (Å²) in [6, 6.07) is 10.9. The first-order chi connectivity index (χ1) is 12.6. The molecule has 0 fully saturated rings. The van der Waals surface area contributed by atoms with Crippen LogP contribution < -0.4 is 10.2 Å². The predicted octanol–water partition coefficient (Wildman–Crippen LogP) is 3.96. The summed E-state index contributed by atoms with van der Waals surface area (Å²) in [6.45, 7) is 1.34. The van der Waals surface area contributed by atoms with Gasteiger partial charge in [0.05, 0.1) is 11.1 Å². The van der Waals surface area contributed by atoms with Crippen LogP contribution in [0.2, 0.25) is 0 Å². The summed E-state index contributed by atoms with van der Waals surface area (Å²) in [5.74, 6) is -1.43. The molecule has 2 rings (SSSR count). The Balaban J connectivity index is 2.03. The lowest BCUT2D eigenvalue weighted by Crippen LogP contribution is -2.30. The standard InChI is InChI=1S/C19H19F3N2O3/c1-12(27-18(26)13-6-4-9-16(10-13)24(2)3)17(25)23-15-8-5-7-14(11-15)19(20,21)22/h4-12H,1-3H3,(H,23,25)/t12-/m0/s1. The van der Waals surface area contributed by atoms with E-state index in [2.05, 4.69) is 5.32 Å². The van der Waals surface area contributed by atoms with Crippen molar-refractivity contribution >= 4 is 23.3 Å². The number of esters is 1. The minimum Gasteiger partial charge on any atom is -0.449 e. The summed E-state index contributed by atoms with van der Waals surface area (Å²) in [4.78, 5) is 26.1. The summed E-state index contributed by atoms with van der Waals surface area (Å²) < 4.78 is 43.3. The highest BCUT2D eigenvalue weighted by molar-refractivity contribution is 5.97. The molecule has 1 atom stereocenters. The van der Waals surface area contributed by atoms with E-state index >= 15 is 0 Å². The van der Waals surface area contributed by atoms with Crippen molar-refractivity contribution in [1.82, 2.24) is 0 Å². The molecule has 144 valence electrons. The van der Waals surface area contributed by atoms with Gasteiger partial charge in [0, 0.05) is 25.5 Å². The third-order valence-corrected chi connectivity index (χ3v) is 3.71. The highest BCUT2D eigenvalue weighted by Crippen LogP contribution is 2.30. The highest BCUT2D eigenvalue weighted by Gasteiger charge is 2.30. The van der Waals surface area contributed by atoms with Crippen molar-refractivity contribution in [3.05, 3.63) is 59.7 Å². The molecule has 2 aromatic rings. The van der Waals surface area contributed by atoms with Crippen LogP contribution in [0.25, 0.3) is 0 Å². The topological polar surface area (TPSA) is 58.6 Å². The second-order valence-electron chi connectivity index (χ2n) is 6.06. The van der Waals surface area contributed by atoms with Crippen molar-refractivity contribution in [2.24, 2.45) is 0 Å². The van der Waals surface area contributed by atoms with E-state index in [1.54, 1.807) is 29.2 Å². The number of carbonyl (C=O) groups excluding carboxylic acids is 2. The van der Waals surface area contributed by atoms with Gasteiger partial charge < -0.3 is 15.0 Å². The normalized spacial score (nSPS) is 12.2. The monoisotopic (exact) mass is 380 g/mol. The number of nitrogens with zero attached hydrogens (tertiary/aromatic N) is 1. The van der Waals surface area contributed by atoms with Crippen molar-refractivity contribution in [3.63, 3.8) is 0 Å². The molecule has 2 aromatic carbocycles. The maximum Gasteiger partial charge on any atom is 0.416 e. The minimum absolute atomic E-state index is 0.0349. The third kappa shape index (κ3) is 5.47. The van der Waals surface area contributed by atoms with Crippen LogP contribution in [-0.2, 0) is 15.7 Å². The molecule has 1 amide bonds. The van der Waals surface area contributed by atoms with Gasteiger partial charge in [-0.1, -0.05) is 12.1 Å². The number of nitrogens with one attached hydrogen (secondary N) is 1. The largest absolute Gasteiger partial charge is 0.449 e. The van der Waals surface area contributed by atoms with Gasteiger partial charge >= 0.3 is 12.1 Å². The third-order valence-electron chi connectivity index (χ3n) is 3.71. The number of hydrogen-bond donors (Lipinski definition) is 1. The summed E-state index contributed by atoms with van der Waals surface area (Å²) in [7, 11) is 3.63. The molecule has 0 heterocycles. The maximum absolute atomic E-state index is 12.7. The van der Waals surface area contributed by atoms with Gasteiger partial charge in [-0.15, -0.1) is 0 Å². The lowest BCUT2D eigenvalue weighted by molar-refractivity contribution is -0.137. The first-order valence-electron chi connectivity index (χ1n) is 8.04. The molecule has 0 aliphatic rings. The fraction of sp³-hybridized carbons (Fsp3) is 0.263. The van der Waals surface area contributed by atoms with Gasteiger partial charge in [-0.05, 0) is 43.3 Å². The minimum atomic E-state index is -4.52. The molecular weight excluding hydrogens is 361 g/mol. The molecule has 0 unspecified atom stereocenters. The zero-order valence-corrected chi connectivity index (χ0v) is 15.0. The van der Waals surface area contributed by atoms with Crippen LogP contribution in [0.3, 0.4) is 0 Å². The van der Waals surface area contributed by atoms with Crippen LogP contribution >= 0.6 is 0 Å². The first kappa shape index (κ1) is 20.3.